The van der Waals surface area contributed by atoms with Crippen molar-refractivity contribution >= 4 is 0 Å². The van der Waals surface area contributed by atoms with Crippen LogP contribution in [0.4, 0.5) is 0 Å². The molecule has 3 rings (SSSR count). The molecule has 1 aliphatic heterocycles. The molecular weight excluding hydrogens is 244 g/mol. The van der Waals surface area contributed by atoms with Crippen molar-refractivity contribution in [2.45, 2.75) is 45.1 Å². The molecular formula is C18H28N2. The number of aryl methyl sites for hydroxylation is 1. The van der Waals surface area contributed by atoms with E-state index in [0.29, 0.717) is 6.04 Å². The van der Waals surface area contributed by atoms with Crippen molar-refractivity contribution in [3.05, 3.63) is 35.4 Å². The highest BCUT2D eigenvalue weighted by Gasteiger charge is 2.26. The molecule has 20 heavy (non-hydrogen) atoms. The summed E-state index contributed by atoms with van der Waals surface area (Å²) in [6.45, 7) is 7.20. The molecule has 0 saturated carbocycles. The highest BCUT2D eigenvalue weighted by Crippen LogP contribution is 2.34. The smallest absolute Gasteiger partial charge is 0.0350 e. The Morgan fingerprint density at radius 3 is 2.90 bits per heavy atom. The average Bonchev–Trinajstić information content (AvgIpc) is 2.53. The zero-order valence-electron chi connectivity index (χ0n) is 12.8. The van der Waals surface area contributed by atoms with E-state index in [-0.39, 0.29) is 0 Å². The van der Waals surface area contributed by atoms with Crippen LogP contribution in [0.3, 0.4) is 0 Å². The van der Waals surface area contributed by atoms with E-state index in [9.17, 15) is 0 Å². The van der Waals surface area contributed by atoms with Gasteiger partial charge in [-0.15, -0.1) is 0 Å². The molecule has 0 radical (unpaired) electrons. The molecule has 0 bridgehead atoms. The van der Waals surface area contributed by atoms with Crippen molar-refractivity contribution in [3.8, 4) is 0 Å². The molecule has 0 amide bonds. The average molecular weight is 272 g/mol. The van der Waals surface area contributed by atoms with Crippen molar-refractivity contribution in [2.75, 3.05) is 26.2 Å². The molecule has 2 atom stereocenters. The van der Waals surface area contributed by atoms with E-state index in [0.717, 1.165) is 5.92 Å². The standard InChI is InChI=1S/C18H28N2/c1-2-20(14-15-7-6-12-19-13-15)18-11-5-9-16-8-3-4-10-17(16)18/h3-4,8,10,15,18-19H,2,5-7,9,11-14H2,1H3. The first-order valence-corrected chi connectivity index (χ1v) is 8.41. The van der Waals surface area contributed by atoms with E-state index in [1.807, 2.05) is 0 Å². The van der Waals surface area contributed by atoms with Crippen LogP contribution in [0, 0.1) is 5.92 Å². The van der Waals surface area contributed by atoms with E-state index in [4.69, 9.17) is 0 Å². The molecule has 110 valence electrons. The Morgan fingerprint density at radius 1 is 1.20 bits per heavy atom. The number of rotatable bonds is 4. The highest BCUT2D eigenvalue weighted by atomic mass is 15.2. The fourth-order valence-electron chi connectivity index (χ4n) is 4.00. The number of fused-ring (bicyclic) bond motifs is 1. The number of nitrogens with one attached hydrogen (secondary N) is 1. The van der Waals surface area contributed by atoms with E-state index in [2.05, 4.69) is 41.4 Å². The molecule has 1 aliphatic carbocycles. The molecule has 1 aromatic rings. The summed E-state index contributed by atoms with van der Waals surface area (Å²) in [5, 5.41) is 3.56. The van der Waals surface area contributed by atoms with E-state index >= 15 is 0 Å². The number of benzene rings is 1. The lowest BCUT2D eigenvalue weighted by Crippen LogP contribution is -2.40. The summed E-state index contributed by atoms with van der Waals surface area (Å²) >= 11 is 0. The largest absolute Gasteiger partial charge is 0.316 e. The molecule has 0 aromatic heterocycles. The van der Waals surface area contributed by atoms with Crippen LogP contribution in [0.2, 0.25) is 0 Å². The van der Waals surface area contributed by atoms with Crippen LogP contribution in [-0.2, 0) is 6.42 Å². The van der Waals surface area contributed by atoms with Crippen molar-refractivity contribution in [2.24, 2.45) is 5.92 Å². The topological polar surface area (TPSA) is 15.3 Å². The maximum atomic E-state index is 3.56. The Morgan fingerprint density at radius 2 is 2.10 bits per heavy atom. The minimum absolute atomic E-state index is 0.659. The molecule has 2 heteroatoms. The molecule has 0 spiro atoms. The fraction of sp³-hybridized carbons (Fsp3) is 0.667. The summed E-state index contributed by atoms with van der Waals surface area (Å²) in [5.41, 5.74) is 3.19. The van der Waals surface area contributed by atoms with Crippen LogP contribution < -0.4 is 5.32 Å². The summed E-state index contributed by atoms with van der Waals surface area (Å²) in [5.74, 6) is 0.845. The molecule has 2 unspecified atom stereocenters. The van der Waals surface area contributed by atoms with E-state index < -0.39 is 0 Å². The first-order chi connectivity index (χ1) is 9.88. The lowest BCUT2D eigenvalue weighted by molar-refractivity contribution is 0.147. The van der Waals surface area contributed by atoms with Gasteiger partial charge in [0.25, 0.3) is 0 Å². The van der Waals surface area contributed by atoms with Gasteiger partial charge in [-0.25, -0.2) is 0 Å². The van der Waals surface area contributed by atoms with Gasteiger partial charge in [0.1, 0.15) is 0 Å². The van der Waals surface area contributed by atoms with Gasteiger partial charge >= 0.3 is 0 Å². The quantitative estimate of drug-likeness (QED) is 0.904. The van der Waals surface area contributed by atoms with Crippen molar-refractivity contribution in [1.82, 2.24) is 10.2 Å². The SMILES string of the molecule is CCN(CC1CCCNC1)C1CCCc2ccccc21. The number of piperidine rings is 1. The third-order valence-corrected chi connectivity index (χ3v) is 5.08. The zero-order chi connectivity index (χ0) is 13.8. The Kier molecular flexibility index (Phi) is 4.74. The molecule has 2 aliphatic rings. The molecule has 1 heterocycles. The summed E-state index contributed by atoms with van der Waals surface area (Å²) in [7, 11) is 0. The minimum Gasteiger partial charge on any atom is -0.316 e. The van der Waals surface area contributed by atoms with Gasteiger partial charge in [0.2, 0.25) is 0 Å². The Bertz CT molecular complexity index is 423. The second-order valence-corrected chi connectivity index (χ2v) is 6.41. The van der Waals surface area contributed by atoms with Gasteiger partial charge in [-0.2, -0.15) is 0 Å². The van der Waals surface area contributed by atoms with Gasteiger partial charge in [-0.05, 0) is 68.8 Å². The summed E-state index contributed by atoms with van der Waals surface area (Å²) < 4.78 is 0. The predicted octanol–water partition coefficient (Wildman–Crippen LogP) is 3.39. The van der Waals surface area contributed by atoms with Gasteiger partial charge in [0, 0.05) is 12.6 Å². The van der Waals surface area contributed by atoms with Gasteiger partial charge in [-0.3, -0.25) is 4.90 Å². The molecule has 1 fully saturated rings. The van der Waals surface area contributed by atoms with E-state index in [1.54, 1.807) is 11.1 Å². The molecule has 1 aromatic carbocycles. The second kappa shape index (κ2) is 6.73. The number of hydrogen-bond donors (Lipinski definition) is 1. The molecule has 2 nitrogen and oxygen atoms in total. The lowest BCUT2D eigenvalue weighted by Gasteiger charge is -2.38. The number of nitrogens with zero attached hydrogens (tertiary/aromatic N) is 1. The third kappa shape index (κ3) is 3.07. The Hall–Kier alpha value is -0.860. The van der Waals surface area contributed by atoms with Crippen molar-refractivity contribution < 1.29 is 0 Å². The van der Waals surface area contributed by atoms with Crippen LogP contribution in [0.1, 0.15) is 49.8 Å². The third-order valence-electron chi connectivity index (χ3n) is 5.08. The van der Waals surface area contributed by atoms with Gasteiger partial charge in [0.15, 0.2) is 0 Å². The summed E-state index contributed by atoms with van der Waals surface area (Å²) in [6, 6.07) is 9.76. The lowest BCUT2D eigenvalue weighted by atomic mass is 9.86. The van der Waals surface area contributed by atoms with Gasteiger partial charge in [0.05, 0.1) is 0 Å². The van der Waals surface area contributed by atoms with E-state index in [1.165, 1.54) is 58.3 Å². The van der Waals surface area contributed by atoms with Crippen LogP contribution in [0.15, 0.2) is 24.3 Å². The summed E-state index contributed by atoms with van der Waals surface area (Å²) in [6.07, 6.45) is 6.71. The minimum atomic E-state index is 0.659. The second-order valence-electron chi connectivity index (χ2n) is 6.41. The molecule has 1 N–H and O–H groups in total. The predicted molar refractivity (Wildman–Crippen MR) is 85.0 cm³/mol. The first kappa shape index (κ1) is 14.1. The Labute approximate surface area is 123 Å². The van der Waals surface area contributed by atoms with Gasteiger partial charge < -0.3 is 5.32 Å². The monoisotopic (exact) mass is 272 g/mol. The maximum Gasteiger partial charge on any atom is 0.0350 e. The highest BCUT2D eigenvalue weighted by molar-refractivity contribution is 5.32. The Balaban J connectivity index is 1.72. The maximum absolute atomic E-state index is 3.56. The molecule has 1 saturated heterocycles. The summed E-state index contributed by atoms with van der Waals surface area (Å²) in [4.78, 5) is 2.73. The zero-order valence-corrected chi connectivity index (χ0v) is 12.8. The van der Waals surface area contributed by atoms with Gasteiger partial charge in [-0.1, -0.05) is 31.2 Å². The van der Waals surface area contributed by atoms with Crippen LogP contribution >= 0.6 is 0 Å². The van der Waals surface area contributed by atoms with Crippen LogP contribution in [0.25, 0.3) is 0 Å². The fourth-order valence-corrected chi connectivity index (χ4v) is 4.00. The van der Waals surface area contributed by atoms with Crippen molar-refractivity contribution in [3.63, 3.8) is 0 Å². The number of hydrogen-bond acceptors (Lipinski definition) is 2. The first-order valence-electron chi connectivity index (χ1n) is 8.41. The van der Waals surface area contributed by atoms with Crippen molar-refractivity contribution in [1.29, 1.82) is 0 Å². The van der Waals surface area contributed by atoms with Crippen LogP contribution in [0.5, 0.6) is 0 Å². The van der Waals surface area contributed by atoms with Crippen LogP contribution in [-0.4, -0.2) is 31.1 Å². The normalized spacial score (nSPS) is 26.5.